The summed E-state index contributed by atoms with van der Waals surface area (Å²) in [7, 11) is 0. The van der Waals surface area contributed by atoms with Gasteiger partial charge in [-0.15, -0.1) is 0 Å². The van der Waals surface area contributed by atoms with E-state index in [2.05, 4.69) is 0 Å². The van der Waals surface area contributed by atoms with E-state index in [-0.39, 0.29) is 12.3 Å². The molecule has 0 bridgehead atoms. The van der Waals surface area contributed by atoms with E-state index in [4.69, 9.17) is 4.74 Å². The van der Waals surface area contributed by atoms with Crippen molar-refractivity contribution in [3.8, 4) is 0 Å². The summed E-state index contributed by atoms with van der Waals surface area (Å²) in [6.07, 6.45) is 1.10. The Hall–Kier alpha value is -2.14. The lowest BCUT2D eigenvalue weighted by molar-refractivity contribution is -0.137. The second-order valence-corrected chi connectivity index (χ2v) is 3.44. The van der Waals surface area contributed by atoms with Crippen molar-refractivity contribution in [1.82, 2.24) is 5.06 Å². The number of rotatable bonds is 2. The number of hydrogen-bond donors (Lipinski definition) is 1. The molecular formula is C12H11NO4. The van der Waals surface area contributed by atoms with Crippen LogP contribution in [0.3, 0.4) is 0 Å². The van der Waals surface area contributed by atoms with E-state index in [0.717, 1.165) is 6.08 Å². The fraction of sp³-hybridized carbons (Fsp3) is 0.167. The summed E-state index contributed by atoms with van der Waals surface area (Å²) in [4.78, 5) is 22.9. The van der Waals surface area contributed by atoms with Crippen molar-refractivity contribution >= 4 is 17.6 Å². The van der Waals surface area contributed by atoms with Gasteiger partial charge in [0.25, 0.3) is 5.91 Å². The number of esters is 1. The Bertz CT molecular complexity index is 507. The van der Waals surface area contributed by atoms with E-state index in [9.17, 15) is 14.8 Å². The number of carbonyl (C=O) groups excluding carboxylic acids is 2. The molecule has 88 valence electrons. The van der Waals surface area contributed by atoms with Crippen LogP contribution in [0, 0.1) is 0 Å². The van der Waals surface area contributed by atoms with E-state index in [1.807, 2.05) is 0 Å². The van der Waals surface area contributed by atoms with Gasteiger partial charge >= 0.3 is 5.97 Å². The Balaban J connectivity index is 2.43. The van der Waals surface area contributed by atoms with Crippen LogP contribution in [-0.2, 0) is 9.53 Å². The van der Waals surface area contributed by atoms with Gasteiger partial charge in [-0.25, -0.2) is 4.79 Å². The van der Waals surface area contributed by atoms with Crippen LogP contribution in [0.5, 0.6) is 0 Å². The first-order chi connectivity index (χ1) is 8.15. The van der Waals surface area contributed by atoms with Gasteiger partial charge in [-0.3, -0.25) is 10.0 Å². The Morgan fingerprint density at radius 1 is 1.41 bits per heavy atom. The van der Waals surface area contributed by atoms with Crippen molar-refractivity contribution in [3.63, 3.8) is 0 Å². The van der Waals surface area contributed by atoms with Crippen molar-refractivity contribution in [2.75, 3.05) is 6.61 Å². The zero-order chi connectivity index (χ0) is 12.4. The monoisotopic (exact) mass is 233 g/mol. The average Bonchev–Trinajstić information content (AvgIpc) is 2.56. The Morgan fingerprint density at radius 3 is 2.71 bits per heavy atom. The van der Waals surface area contributed by atoms with Crippen LogP contribution in [-0.4, -0.2) is 28.8 Å². The van der Waals surface area contributed by atoms with Crippen molar-refractivity contribution < 1.29 is 19.5 Å². The van der Waals surface area contributed by atoms with E-state index < -0.39 is 11.9 Å². The number of amides is 1. The summed E-state index contributed by atoms with van der Waals surface area (Å²) in [5.41, 5.74) is 1.03. The molecule has 1 aliphatic rings. The third-order valence-corrected chi connectivity index (χ3v) is 2.40. The van der Waals surface area contributed by atoms with Crippen LogP contribution >= 0.6 is 0 Å². The molecule has 1 aromatic rings. The lowest BCUT2D eigenvalue weighted by Gasteiger charge is -2.08. The zero-order valence-corrected chi connectivity index (χ0v) is 9.21. The van der Waals surface area contributed by atoms with Gasteiger partial charge in [-0.05, 0) is 13.0 Å². The van der Waals surface area contributed by atoms with Crippen LogP contribution < -0.4 is 0 Å². The SMILES string of the molecule is CCOC(=O)/C=C1/c2ccccc2C(=O)N1O. The molecule has 1 aliphatic heterocycles. The number of carbonyl (C=O) groups is 2. The van der Waals surface area contributed by atoms with Gasteiger partial charge in [0.15, 0.2) is 0 Å². The number of nitrogens with zero attached hydrogens (tertiary/aromatic N) is 1. The second-order valence-electron chi connectivity index (χ2n) is 3.44. The second kappa shape index (κ2) is 4.39. The molecule has 2 rings (SSSR count). The number of ether oxygens (including phenoxy) is 1. The molecule has 0 aliphatic carbocycles. The third-order valence-electron chi connectivity index (χ3n) is 2.40. The molecule has 0 fully saturated rings. The van der Waals surface area contributed by atoms with Gasteiger partial charge in [0.1, 0.15) is 0 Å². The van der Waals surface area contributed by atoms with E-state index in [1.54, 1.807) is 31.2 Å². The minimum atomic E-state index is -0.592. The molecule has 17 heavy (non-hydrogen) atoms. The third kappa shape index (κ3) is 1.92. The van der Waals surface area contributed by atoms with Crippen LogP contribution in [0.15, 0.2) is 30.3 Å². The average molecular weight is 233 g/mol. The lowest BCUT2D eigenvalue weighted by Crippen LogP contribution is -2.19. The predicted molar refractivity (Wildman–Crippen MR) is 59.0 cm³/mol. The highest BCUT2D eigenvalue weighted by atomic mass is 16.5. The maximum atomic E-state index is 11.6. The maximum Gasteiger partial charge on any atom is 0.332 e. The zero-order valence-electron chi connectivity index (χ0n) is 9.21. The van der Waals surface area contributed by atoms with Gasteiger partial charge in [0.2, 0.25) is 0 Å². The van der Waals surface area contributed by atoms with E-state index in [1.165, 1.54) is 0 Å². The molecule has 5 heteroatoms. The fourth-order valence-corrected chi connectivity index (χ4v) is 1.67. The highest BCUT2D eigenvalue weighted by molar-refractivity contribution is 6.10. The van der Waals surface area contributed by atoms with E-state index in [0.29, 0.717) is 16.2 Å². The summed E-state index contributed by atoms with van der Waals surface area (Å²) in [6, 6.07) is 6.67. The van der Waals surface area contributed by atoms with Gasteiger partial charge in [0.05, 0.1) is 23.9 Å². The summed E-state index contributed by atoms with van der Waals surface area (Å²) >= 11 is 0. The molecule has 0 radical (unpaired) electrons. The molecular weight excluding hydrogens is 222 g/mol. The predicted octanol–water partition coefficient (Wildman–Crippen LogP) is 1.44. The molecule has 5 nitrogen and oxygen atoms in total. The largest absolute Gasteiger partial charge is 0.463 e. The maximum absolute atomic E-state index is 11.6. The molecule has 0 aromatic heterocycles. The molecule has 0 saturated heterocycles. The van der Waals surface area contributed by atoms with Gasteiger partial charge < -0.3 is 4.74 Å². The summed E-state index contributed by atoms with van der Waals surface area (Å²) in [5.74, 6) is -1.14. The highest BCUT2D eigenvalue weighted by Crippen LogP contribution is 2.30. The molecule has 0 spiro atoms. The Morgan fingerprint density at radius 2 is 2.06 bits per heavy atom. The standard InChI is InChI=1S/C12H11NO4/c1-2-17-11(14)7-10-8-5-3-4-6-9(8)12(15)13(10)16/h3-7,16H,2H2,1H3/b10-7-. The van der Waals surface area contributed by atoms with Crippen molar-refractivity contribution in [3.05, 3.63) is 41.5 Å². The molecule has 0 atom stereocenters. The minimum absolute atomic E-state index is 0.143. The van der Waals surface area contributed by atoms with Crippen LogP contribution in [0.2, 0.25) is 0 Å². The van der Waals surface area contributed by atoms with Crippen LogP contribution in [0.4, 0.5) is 0 Å². The van der Waals surface area contributed by atoms with E-state index >= 15 is 0 Å². The lowest BCUT2D eigenvalue weighted by atomic mass is 10.1. The summed E-state index contributed by atoms with van der Waals surface area (Å²) in [6.45, 7) is 1.92. The smallest absolute Gasteiger partial charge is 0.332 e. The van der Waals surface area contributed by atoms with Crippen LogP contribution in [0.1, 0.15) is 22.8 Å². The molecule has 0 saturated carbocycles. The van der Waals surface area contributed by atoms with Crippen molar-refractivity contribution in [1.29, 1.82) is 0 Å². The quantitative estimate of drug-likeness (QED) is 0.476. The van der Waals surface area contributed by atoms with Crippen molar-refractivity contribution in [2.24, 2.45) is 0 Å². The van der Waals surface area contributed by atoms with Crippen LogP contribution in [0.25, 0.3) is 5.70 Å². The first-order valence-electron chi connectivity index (χ1n) is 5.16. The van der Waals surface area contributed by atoms with Gasteiger partial charge in [-0.1, -0.05) is 18.2 Å². The number of fused-ring (bicyclic) bond motifs is 1. The fourth-order valence-electron chi connectivity index (χ4n) is 1.67. The van der Waals surface area contributed by atoms with Gasteiger partial charge in [0, 0.05) is 5.56 Å². The summed E-state index contributed by atoms with van der Waals surface area (Å²) < 4.78 is 4.74. The number of benzene rings is 1. The molecule has 1 aromatic carbocycles. The Labute approximate surface area is 97.9 Å². The summed E-state index contributed by atoms with van der Waals surface area (Å²) in [5, 5.41) is 10.1. The highest BCUT2D eigenvalue weighted by Gasteiger charge is 2.31. The molecule has 1 amide bonds. The first kappa shape index (κ1) is 11.3. The Kier molecular flexibility index (Phi) is 2.93. The topological polar surface area (TPSA) is 66.8 Å². The van der Waals surface area contributed by atoms with Crippen molar-refractivity contribution in [2.45, 2.75) is 6.92 Å². The normalized spacial score (nSPS) is 16.2. The molecule has 1 heterocycles. The molecule has 1 N–H and O–H groups in total. The number of hydroxylamine groups is 2. The number of hydrogen-bond acceptors (Lipinski definition) is 4. The first-order valence-corrected chi connectivity index (χ1v) is 5.16. The van der Waals surface area contributed by atoms with Gasteiger partial charge in [-0.2, -0.15) is 5.06 Å². The molecule has 0 unspecified atom stereocenters. The minimum Gasteiger partial charge on any atom is -0.463 e.